The normalized spacial score (nSPS) is 25.3. The molecule has 0 saturated carbocycles. The van der Waals surface area contributed by atoms with Gasteiger partial charge in [0.25, 0.3) is 0 Å². The van der Waals surface area contributed by atoms with Crippen LogP contribution in [-0.4, -0.2) is 40.9 Å². The topological polar surface area (TPSA) is 49.7 Å². The molecular formula is C13H17FO3S. The Morgan fingerprint density at radius 3 is 2.89 bits per heavy atom. The third-order valence-corrected chi connectivity index (χ3v) is 4.21. The first-order valence-corrected chi connectivity index (χ1v) is 7.07. The van der Waals surface area contributed by atoms with E-state index < -0.39 is 11.7 Å². The second kappa shape index (κ2) is 6.02. The minimum atomic E-state index is -1.14. The summed E-state index contributed by atoms with van der Waals surface area (Å²) >= 11 is 1.41. The van der Waals surface area contributed by atoms with Crippen LogP contribution in [0, 0.1) is 5.82 Å². The van der Waals surface area contributed by atoms with Gasteiger partial charge in [-0.15, -0.1) is 0 Å². The summed E-state index contributed by atoms with van der Waals surface area (Å²) in [7, 11) is 0. The Morgan fingerprint density at radius 2 is 2.22 bits per heavy atom. The lowest BCUT2D eigenvalue weighted by molar-refractivity contribution is -0.0653. The third kappa shape index (κ3) is 3.23. The van der Waals surface area contributed by atoms with E-state index in [9.17, 15) is 14.6 Å². The molecule has 0 bridgehead atoms. The number of benzene rings is 1. The van der Waals surface area contributed by atoms with Crippen LogP contribution in [0.3, 0.4) is 0 Å². The highest BCUT2D eigenvalue weighted by atomic mass is 32.2. The van der Waals surface area contributed by atoms with Crippen molar-refractivity contribution in [3.05, 3.63) is 35.6 Å². The molecule has 0 radical (unpaired) electrons. The molecule has 1 aliphatic rings. The van der Waals surface area contributed by atoms with Gasteiger partial charge >= 0.3 is 0 Å². The van der Waals surface area contributed by atoms with Crippen molar-refractivity contribution >= 4 is 11.8 Å². The smallest absolute Gasteiger partial charge is 0.127 e. The standard InChI is InChI=1S/C13H17FO3S/c14-11-4-2-1-3-10(11)7-18-8-12(15)13(16)5-6-17-9-13/h1-4,12,15-16H,5-9H2. The van der Waals surface area contributed by atoms with E-state index in [1.54, 1.807) is 18.2 Å². The molecule has 18 heavy (non-hydrogen) atoms. The molecule has 0 spiro atoms. The van der Waals surface area contributed by atoms with E-state index in [2.05, 4.69) is 0 Å². The van der Waals surface area contributed by atoms with E-state index in [4.69, 9.17) is 4.74 Å². The summed E-state index contributed by atoms with van der Waals surface area (Å²) in [4.78, 5) is 0. The molecule has 0 amide bonds. The van der Waals surface area contributed by atoms with Gasteiger partial charge in [-0.05, 0) is 11.6 Å². The summed E-state index contributed by atoms with van der Waals surface area (Å²) in [5, 5.41) is 20.0. The lowest BCUT2D eigenvalue weighted by Crippen LogP contribution is -2.44. The number of hydrogen-bond donors (Lipinski definition) is 2. The predicted octanol–water partition coefficient (Wildman–Crippen LogP) is 1.57. The molecule has 2 rings (SSSR count). The van der Waals surface area contributed by atoms with Gasteiger partial charge in [0, 0.05) is 24.5 Å². The fraction of sp³-hybridized carbons (Fsp3) is 0.538. The van der Waals surface area contributed by atoms with E-state index >= 15 is 0 Å². The molecule has 2 atom stereocenters. The molecule has 1 heterocycles. The van der Waals surface area contributed by atoms with Gasteiger partial charge in [-0.25, -0.2) is 4.39 Å². The number of ether oxygens (including phenoxy) is 1. The Hall–Kier alpha value is -0.620. The first-order chi connectivity index (χ1) is 8.62. The third-order valence-electron chi connectivity index (χ3n) is 3.14. The number of hydrogen-bond acceptors (Lipinski definition) is 4. The highest BCUT2D eigenvalue weighted by Gasteiger charge is 2.39. The zero-order valence-electron chi connectivity index (χ0n) is 10.0. The van der Waals surface area contributed by atoms with E-state index in [1.807, 2.05) is 0 Å². The van der Waals surface area contributed by atoms with E-state index in [1.165, 1.54) is 17.8 Å². The maximum atomic E-state index is 13.3. The zero-order valence-corrected chi connectivity index (χ0v) is 10.8. The average molecular weight is 272 g/mol. The SMILES string of the molecule is OC(CSCc1ccccc1F)C1(O)CCOC1. The van der Waals surface area contributed by atoms with Crippen molar-refractivity contribution in [2.45, 2.75) is 23.9 Å². The van der Waals surface area contributed by atoms with Crippen LogP contribution in [0.25, 0.3) is 0 Å². The van der Waals surface area contributed by atoms with Crippen LogP contribution in [0.1, 0.15) is 12.0 Å². The first-order valence-electron chi connectivity index (χ1n) is 5.91. The Morgan fingerprint density at radius 1 is 1.44 bits per heavy atom. The molecule has 1 saturated heterocycles. The van der Waals surface area contributed by atoms with Crippen molar-refractivity contribution in [3.8, 4) is 0 Å². The molecule has 5 heteroatoms. The molecule has 1 fully saturated rings. The lowest BCUT2D eigenvalue weighted by Gasteiger charge is -2.26. The number of thioether (sulfide) groups is 1. The summed E-state index contributed by atoms with van der Waals surface area (Å²) < 4.78 is 18.4. The Balaban J connectivity index is 1.80. The molecule has 2 N–H and O–H groups in total. The summed E-state index contributed by atoms with van der Waals surface area (Å²) in [5.41, 5.74) is -0.522. The van der Waals surface area contributed by atoms with E-state index in [-0.39, 0.29) is 12.4 Å². The molecule has 1 aromatic carbocycles. The van der Waals surface area contributed by atoms with Crippen LogP contribution in [0.15, 0.2) is 24.3 Å². The lowest BCUT2D eigenvalue weighted by atomic mass is 9.97. The Kier molecular flexibility index (Phi) is 4.61. The Bertz CT molecular complexity index is 394. The van der Waals surface area contributed by atoms with Crippen LogP contribution in [-0.2, 0) is 10.5 Å². The molecule has 1 aliphatic heterocycles. The van der Waals surface area contributed by atoms with Crippen molar-refractivity contribution in [2.24, 2.45) is 0 Å². The van der Waals surface area contributed by atoms with E-state index in [0.29, 0.717) is 30.1 Å². The summed E-state index contributed by atoms with van der Waals surface area (Å²) in [6, 6.07) is 6.58. The van der Waals surface area contributed by atoms with Crippen molar-refractivity contribution < 1.29 is 19.3 Å². The van der Waals surface area contributed by atoms with Crippen molar-refractivity contribution in [1.82, 2.24) is 0 Å². The van der Waals surface area contributed by atoms with Gasteiger partial charge in [-0.2, -0.15) is 11.8 Å². The van der Waals surface area contributed by atoms with Gasteiger partial charge < -0.3 is 14.9 Å². The molecule has 2 unspecified atom stereocenters. The first kappa shape index (κ1) is 13.8. The minimum absolute atomic E-state index is 0.175. The summed E-state index contributed by atoms with van der Waals surface area (Å²) in [6.45, 7) is 0.653. The fourth-order valence-electron chi connectivity index (χ4n) is 1.88. The van der Waals surface area contributed by atoms with Gasteiger partial charge in [-0.3, -0.25) is 0 Å². The van der Waals surface area contributed by atoms with Crippen molar-refractivity contribution in [1.29, 1.82) is 0 Å². The molecule has 100 valence electrons. The summed E-state index contributed by atoms with van der Waals surface area (Å²) in [6.07, 6.45) is -0.384. The van der Waals surface area contributed by atoms with Gasteiger partial charge in [0.1, 0.15) is 11.4 Å². The van der Waals surface area contributed by atoms with Crippen LogP contribution >= 0.6 is 11.8 Å². The van der Waals surface area contributed by atoms with Gasteiger partial charge in [0.05, 0.1) is 12.7 Å². The van der Waals surface area contributed by atoms with Crippen LogP contribution in [0.5, 0.6) is 0 Å². The van der Waals surface area contributed by atoms with Gasteiger partial charge in [0.15, 0.2) is 0 Å². The largest absolute Gasteiger partial charge is 0.389 e. The second-order valence-electron chi connectivity index (χ2n) is 4.53. The summed E-state index contributed by atoms with van der Waals surface area (Å²) in [5.74, 6) is 0.622. The molecule has 0 aliphatic carbocycles. The van der Waals surface area contributed by atoms with Gasteiger partial charge in [0.2, 0.25) is 0 Å². The van der Waals surface area contributed by atoms with Crippen LogP contribution < -0.4 is 0 Å². The molecular weight excluding hydrogens is 255 g/mol. The molecule has 0 aromatic heterocycles. The molecule has 1 aromatic rings. The van der Waals surface area contributed by atoms with Crippen molar-refractivity contribution in [2.75, 3.05) is 19.0 Å². The zero-order chi connectivity index (χ0) is 13.0. The highest BCUT2D eigenvalue weighted by Crippen LogP contribution is 2.26. The van der Waals surface area contributed by atoms with Crippen LogP contribution in [0.2, 0.25) is 0 Å². The number of halogens is 1. The number of aliphatic hydroxyl groups excluding tert-OH is 1. The monoisotopic (exact) mass is 272 g/mol. The highest BCUT2D eigenvalue weighted by molar-refractivity contribution is 7.98. The van der Waals surface area contributed by atoms with Crippen molar-refractivity contribution in [3.63, 3.8) is 0 Å². The maximum absolute atomic E-state index is 13.3. The number of rotatable bonds is 5. The molecule has 3 nitrogen and oxygen atoms in total. The minimum Gasteiger partial charge on any atom is -0.389 e. The van der Waals surface area contributed by atoms with Crippen LogP contribution in [0.4, 0.5) is 4.39 Å². The quantitative estimate of drug-likeness (QED) is 0.854. The average Bonchev–Trinajstić information content (AvgIpc) is 2.80. The van der Waals surface area contributed by atoms with Gasteiger partial charge in [-0.1, -0.05) is 18.2 Å². The van der Waals surface area contributed by atoms with E-state index in [0.717, 1.165) is 0 Å². The fourth-order valence-corrected chi connectivity index (χ4v) is 2.99. The second-order valence-corrected chi connectivity index (χ2v) is 5.56. The maximum Gasteiger partial charge on any atom is 0.127 e. The Labute approximate surface area is 110 Å². The predicted molar refractivity (Wildman–Crippen MR) is 69.0 cm³/mol. The number of aliphatic hydroxyl groups is 2.